The number of carbonyl (C=O) groups is 2. The molecule has 5 rings (SSSR count). The van der Waals surface area contributed by atoms with Crippen molar-refractivity contribution in [2.24, 2.45) is 0 Å². The summed E-state index contributed by atoms with van der Waals surface area (Å²) in [5.74, 6) is 0.0411. The van der Waals surface area contributed by atoms with E-state index in [9.17, 15) is 9.59 Å². The fraction of sp³-hybridized carbons (Fsp3) is 0.185. The molecule has 0 aromatic heterocycles. The lowest BCUT2D eigenvalue weighted by molar-refractivity contribution is -0.148. The van der Waals surface area contributed by atoms with Crippen molar-refractivity contribution in [3.63, 3.8) is 0 Å². The van der Waals surface area contributed by atoms with Crippen molar-refractivity contribution in [2.45, 2.75) is 17.0 Å². The van der Waals surface area contributed by atoms with E-state index < -0.39 is 17.6 Å². The van der Waals surface area contributed by atoms with E-state index in [1.807, 2.05) is 54.6 Å². The molecule has 2 atom stereocenters. The van der Waals surface area contributed by atoms with Crippen LogP contribution in [0.25, 0.3) is 0 Å². The summed E-state index contributed by atoms with van der Waals surface area (Å²) < 4.78 is 4.99. The maximum absolute atomic E-state index is 13.6. The van der Waals surface area contributed by atoms with Gasteiger partial charge in [-0.05, 0) is 22.3 Å². The highest BCUT2D eigenvalue weighted by Crippen LogP contribution is 2.44. The zero-order valence-corrected chi connectivity index (χ0v) is 20.8. The zero-order chi connectivity index (χ0) is 24.4. The van der Waals surface area contributed by atoms with Crippen molar-refractivity contribution in [1.82, 2.24) is 10.2 Å². The topological polar surface area (TPSA) is 58.6 Å². The summed E-state index contributed by atoms with van der Waals surface area (Å²) in [7, 11) is 1.32. The number of rotatable bonds is 7. The number of thioether (sulfide) groups is 1. The number of β-lactam (4-membered cyclic amide) rings is 1. The van der Waals surface area contributed by atoms with Crippen LogP contribution in [-0.2, 0) is 19.8 Å². The molecule has 3 aromatic rings. The number of amides is 1. The van der Waals surface area contributed by atoms with Crippen LogP contribution in [0.1, 0.15) is 16.7 Å². The molecule has 1 saturated heterocycles. The van der Waals surface area contributed by atoms with Gasteiger partial charge < -0.3 is 4.65 Å². The Morgan fingerprint density at radius 3 is 1.89 bits per heavy atom. The molecular weight excluding hydrogens is 479 g/mol. The highest BCUT2D eigenvalue weighted by molar-refractivity contribution is 8.00. The van der Waals surface area contributed by atoms with E-state index in [-0.39, 0.29) is 22.9 Å². The van der Waals surface area contributed by atoms with E-state index in [1.165, 1.54) is 8.05 Å². The number of carbonyl (C=O) groups excluding carboxylic acids is 2. The minimum absolute atomic E-state index is 0.169. The predicted molar refractivity (Wildman–Crippen MR) is 142 cm³/mol. The van der Waals surface area contributed by atoms with Crippen molar-refractivity contribution < 1.29 is 14.2 Å². The predicted octanol–water partition coefficient (Wildman–Crippen LogP) is 3.44. The second kappa shape index (κ2) is 9.94. The van der Waals surface area contributed by atoms with Crippen LogP contribution in [0.5, 0.6) is 0 Å². The normalized spacial score (nSPS) is 19.7. The first-order valence-corrected chi connectivity index (χ1v) is 13.0. The van der Waals surface area contributed by atoms with Gasteiger partial charge in [-0.15, -0.1) is 23.4 Å². The third-order valence-corrected chi connectivity index (χ3v) is 8.24. The van der Waals surface area contributed by atoms with E-state index in [0.29, 0.717) is 11.3 Å². The van der Waals surface area contributed by atoms with Crippen LogP contribution in [0, 0.1) is 0 Å². The first-order chi connectivity index (χ1) is 17.1. The number of hydrogen-bond acceptors (Lipinski definition) is 5. The molecule has 0 radical (unpaired) electrons. The third kappa shape index (κ3) is 3.98. The molecule has 0 aliphatic carbocycles. The van der Waals surface area contributed by atoms with Crippen molar-refractivity contribution in [3.05, 3.63) is 119 Å². The Morgan fingerprint density at radius 1 is 0.971 bits per heavy atom. The monoisotopic (exact) mass is 502 g/mol. The Morgan fingerprint density at radius 2 is 1.46 bits per heavy atom. The van der Waals surface area contributed by atoms with Crippen molar-refractivity contribution >= 4 is 43.3 Å². The van der Waals surface area contributed by atoms with Gasteiger partial charge in [0.15, 0.2) is 0 Å². The second-order valence-corrected chi connectivity index (χ2v) is 9.83. The Labute approximate surface area is 214 Å². The van der Waals surface area contributed by atoms with Crippen LogP contribution in [-0.4, -0.2) is 47.9 Å². The molecule has 35 heavy (non-hydrogen) atoms. The molecule has 2 aliphatic heterocycles. The lowest BCUT2D eigenvalue weighted by Crippen LogP contribution is -2.72. The summed E-state index contributed by atoms with van der Waals surface area (Å²) in [4.78, 5) is 27.7. The van der Waals surface area contributed by atoms with Crippen LogP contribution >= 0.6 is 23.4 Å². The number of fused-ring (bicyclic) bond motifs is 1. The SMILES string of the molecule is BOC(=O)C1=C(CCl)CS[C@@H]2[C@H](NC(c3ccccc3)(c3ccccc3)c3ccccc3)C(=O)N12. The summed E-state index contributed by atoms with van der Waals surface area (Å²) in [5.41, 5.74) is 3.28. The molecule has 0 bridgehead atoms. The van der Waals surface area contributed by atoms with Gasteiger partial charge in [0.05, 0.1) is 5.54 Å². The first kappa shape index (κ1) is 23.7. The van der Waals surface area contributed by atoms with Gasteiger partial charge in [-0.2, -0.15) is 0 Å². The number of nitrogens with one attached hydrogen (secondary N) is 1. The average Bonchev–Trinajstić information content (AvgIpc) is 2.93. The summed E-state index contributed by atoms with van der Waals surface area (Å²) in [6.45, 7) is 0. The Kier molecular flexibility index (Phi) is 6.74. The lowest BCUT2D eigenvalue weighted by Gasteiger charge is -2.53. The molecule has 0 saturated carbocycles. The highest BCUT2D eigenvalue weighted by atomic mass is 35.5. The first-order valence-electron chi connectivity index (χ1n) is 11.4. The van der Waals surface area contributed by atoms with Crippen molar-refractivity contribution in [1.29, 1.82) is 0 Å². The van der Waals surface area contributed by atoms with Crippen molar-refractivity contribution in [3.8, 4) is 0 Å². The Balaban J connectivity index is 1.62. The van der Waals surface area contributed by atoms with E-state index >= 15 is 0 Å². The number of benzene rings is 3. The molecule has 0 spiro atoms. The van der Waals surface area contributed by atoms with E-state index in [0.717, 1.165) is 16.7 Å². The molecule has 1 amide bonds. The number of hydrogen-bond donors (Lipinski definition) is 1. The van der Waals surface area contributed by atoms with Gasteiger partial charge >= 0.3 is 14.0 Å². The molecule has 1 fully saturated rings. The summed E-state index contributed by atoms with van der Waals surface area (Å²) >= 11 is 7.72. The second-order valence-electron chi connectivity index (χ2n) is 8.46. The molecular formula is C27H24BClN2O3S. The Hall–Kier alpha value is -3.00. The van der Waals surface area contributed by atoms with Gasteiger partial charge in [0.25, 0.3) is 0 Å². The third-order valence-electron chi connectivity index (χ3n) is 6.58. The van der Waals surface area contributed by atoms with Gasteiger partial charge in [-0.25, -0.2) is 4.79 Å². The fourth-order valence-corrected chi connectivity index (χ4v) is 6.60. The summed E-state index contributed by atoms with van der Waals surface area (Å²) in [6.07, 6.45) is 0. The van der Waals surface area contributed by atoms with Crippen LogP contribution in [0.2, 0.25) is 0 Å². The maximum atomic E-state index is 13.6. The molecule has 3 aromatic carbocycles. The van der Waals surface area contributed by atoms with Gasteiger partial charge in [0, 0.05) is 11.6 Å². The van der Waals surface area contributed by atoms with Gasteiger partial charge in [-0.1, -0.05) is 91.0 Å². The van der Waals surface area contributed by atoms with Crippen LogP contribution in [0.4, 0.5) is 0 Å². The maximum Gasteiger partial charge on any atom is 0.337 e. The van der Waals surface area contributed by atoms with E-state index in [1.54, 1.807) is 16.7 Å². The quantitative estimate of drug-likeness (QED) is 0.232. The van der Waals surface area contributed by atoms with Crippen LogP contribution < -0.4 is 5.32 Å². The smallest absolute Gasteiger partial charge is 0.337 e. The van der Waals surface area contributed by atoms with Gasteiger partial charge in [0.1, 0.15) is 17.1 Å². The van der Waals surface area contributed by atoms with Crippen LogP contribution in [0.15, 0.2) is 102 Å². The minimum Gasteiger partial charge on any atom is -0.539 e. The highest BCUT2D eigenvalue weighted by Gasteiger charge is 2.56. The summed E-state index contributed by atoms with van der Waals surface area (Å²) in [5, 5.41) is 3.50. The van der Waals surface area contributed by atoms with E-state index in [4.69, 9.17) is 16.3 Å². The van der Waals surface area contributed by atoms with Crippen molar-refractivity contribution in [2.75, 3.05) is 11.6 Å². The molecule has 2 heterocycles. The average molecular weight is 503 g/mol. The molecule has 0 unspecified atom stereocenters. The number of nitrogens with zero attached hydrogens (tertiary/aromatic N) is 1. The lowest BCUT2D eigenvalue weighted by atomic mass is 9.76. The molecule has 5 nitrogen and oxygen atoms in total. The minimum atomic E-state index is -0.779. The summed E-state index contributed by atoms with van der Waals surface area (Å²) in [6, 6.07) is 29.9. The molecule has 2 aliphatic rings. The molecule has 8 heteroatoms. The van der Waals surface area contributed by atoms with Gasteiger partial charge in [-0.3, -0.25) is 15.0 Å². The van der Waals surface area contributed by atoms with Crippen LogP contribution in [0.3, 0.4) is 0 Å². The molecule has 176 valence electrons. The number of alkyl halides is 1. The number of halogens is 1. The zero-order valence-electron chi connectivity index (χ0n) is 19.2. The molecule has 1 N–H and O–H groups in total. The fourth-order valence-electron chi connectivity index (χ4n) is 4.92. The van der Waals surface area contributed by atoms with Gasteiger partial charge in [0.2, 0.25) is 5.91 Å². The van der Waals surface area contributed by atoms with E-state index in [2.05, 4.69) is 41.7 Å². The largest absolute Gasteiger partial charge is 0.539 e. The Bertz CT molecular complexity index is 1160. The standard InChI is InChI=1S/C27H24BClN2O3S/c28-34-26(33)23-18(16-29)17-35-25-22(24(32)31(23)25)30-27(19-10-4-1-5-11-19,20-12-6-2-7-13-20)21-14-8-3-9-15-21/h1-15,22,25,30H,16-17,28H2/t22-,25-/m1/s1.